The fourth-order valence-electron chi connectivity index (χ4n) is 8.72. The lowest BCUT2D eigenvalue weighted by atomic mass is 9.89. The predicted octanol–water partition coefficient (Wildman–Crippen LogP) is 10.8. The van der Waals surface area contributed by atoms with E-state index in [-0.39, 0.29) is 30.4 Å². The molecule has 66 heavy (non-hydrogen) atoms. The smallest absolute Gasteiger partial charge is 0.431 e. The van der Waals surface area contributed by atoms with Gasteiger partial charge < -0.3 is 30.1 Å². The largest absolute Gasteiger partial charge is 0.457 e. The molecule has 4 heterocycles. The van der Waals surface area contributed by atoms with Crippen molar-refractivity contribution in [2.75, 3.05) is 0 Å². The van der Waals surface area contributed by atoms with Crippen molar-refractivity contribution in [3.05, 3.63) is 184 Å². The van der Waals surface area contributed by atoms with E-state index in [0.717, 1.165) is 34.4 Å². The number of aromatic amines is 2. The van der Waals surface area contributed by atoms with Crippen molar-refractivity contribution < 1.29 is 45.4 Å². The first kappa shape index (κ1) is 45.5. The van der Waals surface area contributed by atoms with E-state index < -0.39 is 69.9 Å². The van der Waals surface area contributed by atoms with Crippen molar-refractivity contribution >= 4 is 11.8 Å². The van der Waals surface area contributed by atoms with Gasteiger partial charge in [0.25, 0.3) is 22.9 Å². The molecule has 0 saturated heterocycles. The zero-order chi connectivity index (χ0) is 47.2. The van der Waals surface area contributed by atoms with E-state index in [1.165, 1.54) is 0 Å². The van der Waals surface area contributed by atoms with E-state index >= 15 is 0 Å². The number of rotatable bonds is 11. The van der Waals surface area contributed by atoms with Gasteiger partial charge in [0.2, 0.25) is 0 Å². The van der Waals surface area contributed by atoms with Crippen molar-refractivity contribution in [3.63, 3.8) is 0 Å². The number of alkyl halides is 6. The average Bonchev–Trinajstić information content (AvgIpc) is 3.23. The highest BCUT2D eigenvalue weighted by molar-refractivity contribution is 5.97. The normalized spacial score (nSPS) is 14.2. The third-order valence-electron chi connectivity index (χ3n) is 11.9. The van der Waals surface area contributed by atoms with Gasteiger partial charge in [-0.1, -0.05) is 61.9 Å². The highest BCUT2D eigenvalue weighted by Gasteiger charge is 2.37. The van der Waals surface area contributed by atoms with E-state index in [0.29, 0.717) is 64.5 Å². The Morgan fingerprint density at radius 1 is 0.591 bits per heavy atom. The van der Waals surface area contributed by atoms with Gasteiger partial charge in [-0.3, -0.25) is 19.2 Å². The molecule has 2 aliphatic rings. The molecule has 1 atom stereocenters. The van der Waals surface area contributed by atoms with Crippen LogP contribution in [0.5, 0.6) is 23.0 Å². The zero-order valence-electron chi connectivity index (χ0n) is 36.2. The van der Waals surface area contributed by atoms with Gasteiger partial charge in [-0.15, -0.1) is 0 Å². The van der Waals surface area contributed by atoms with Gasteiger partial charge in [-0.2, -0.15) is 26.3 Å². The van der Waals surface area contributed by atoms with E-state index in [9.17, 15) is 45.5 Å². The van der Waals surface area contributed by atoms with Gasteiger partial charge in [0.05, 0.1) is 12.1 Å². The van der Waals surface area contributed by atoms with E-state index in [2.05, 4.69) is 10.6 Å². The summed E-state index contributed by atoms with van der Waals surface area (Å²) in [6, 6.07) is 21.5. The van der Waals surface area contributed by atoms with Crippen molar-refractivity contribution in [3.8, 4) is 23.0 Å². The number of halogens is 6. The number of unbranched alkanes of at least 4 members (excludes halogenated alkanes) is 1. The molecule has 4 aromatic carbocycles. The summed E-state index contributed by atoms with van der Waals surface area (Å²) in [4.78, 5) is 58.2. The highest BCUT2D eigenvalue weighted by atomic mass is 19.4. The van der Waals surface area contributed by atoms with Crippen molar-refractivity contribution in [2.24, 2.45) is 0 Å². The van der Waals surface area contributed by atoms with E-state index in [4.69, 9.17) is 9.47 Å². The lowest BCUT2D eigenvalue weighted by Gasteiger charge is -2.31. The van der Waals surface area contributed by atoms with Gasteiger partial charge >= 0.3 is 12.4 Å². The molecule has 2 aromatic heterocycles. The summed E-state index contributed by atoms with van der Waals surface area (Å²) >= 11 is 0. The van der Waals surface area contributed by atoms with Crippen LogP contribution in [0.1, 0.15) is 126 Å². The number of carbonyl (C=O) groups excluding carboxylic acids is 2. The second kappa shape index (κ2) is 17.7. The molecular formula is C50H44F6N4O6. The first-order chi connectivity index (χ1) is 31.3. The molecule has 0 spiro atoms. The number of aromatic nitrogens is 2. The second-order valence-electron chi connectivity index (χ2n) is 16.7. The SMILES string of the molecule is CCCc1cc(C(F)(F)F)[nH]c(=O)c1C(=O)NC1c2ccc(CCCCc3cc(C(F)(F)F)[nH]c(=O)c3C(=O)NC3c4ccc(C)cc4Oc4cc(C)ccc43)cc2Oc2cccc(C)c21. The number of H-pyrrole nitrogens is 2. The first-order valence-corrected chi connectivity index (χ1v) is 21.4. The van der Waals surface area contributed by atoms with Crippen LogP contribution in [0.3, 0.4) is 0 Å². The van der Waals surface area contributed by atoms with E-state index in [1.807, 2.05) is 61.1 Å². The van der Waals surface area contributed by atoms with Crippen LogP contribution < -0.4 is 31.2 Å². The third-order valence-corrected chi connectivity index (χ3v) is 11.9. The molecule has 1 unspecified atom stereocenters. The number of fused-ring (bicyclic) bond motifs is 4. The molecule has 8 rings (SSSR count). The molecule has 0 aliphatic carbocycles. The average molecular weight is 911 g/mol. The maximum atomic E-state index is 14.1. The van der Waals surface area contributed by atoms with Crippen LogP contribution >= 0.6 is 0 Å². The molecule has 0 saturated carbocycles. The van der Waals surface area contributed by atoms with Crippen LogP contribution in [0, 0.1) is 20.8 Å². The van der Waals surface area contributed by atoms with Crippen LogP contribution in [0.2, 0.25) is 0 Å². The Hall–Kier alpha value is -7.10. The van der Waals surface area contributed by atoms with Gasteiger partial charge in [0.1, 0.15) is 45.5 Å². The summed E-state index contributed by atoms with van der Waals surface area (Å²) in [6.45, 7) is 7.31. The highest BCUT2D eigenvalue weighted by Crippen LogP contribution is 2.46. The lowest BCUT2D eigenvalue weighted by molar-refractivity contribution is -0.142. The van der Waals surface area contributed by atoms with Gasteiger partial charge in [0, 0.05) is 22.3 Å². The number of nitrogens with one attached hydrogen (secondary N) is 4. The summed E-state index contributed by atoms with van der Waals surface area (Å²) in [6.07, 6.45) is -8.23. The monoisotopic (exact) mass is 910 g/mol. The quantitative estimate of drug-likeness (QED) is 0.0753. The maximum Gasteiger partial charge on any atom is 0.431 e. The van der Waals surface area contributed by atoms with Crippen molar-refractivity contribution in [2.45, 2.75) is 90.7 Å². The summed E-state index contributed by atoms with van der Waals surface area (Å²) in [5, 5.41) is 5.79. The maximum absolute atomic E-state index is 14.1. The summed E-state index contributed by atoms with van der Waals surface area (Å²) in [5.74, 6) is 0.0809. The zero-order valence-corrected chi connectivity index (χ0v) is 36.2. The lowest BCUT2D eigenvalue weighted by Crippen LogP contribution is -2.36. The Labute approximate surface area is 374 Å². The molecule has 2 aliphatic heterocycles. The van der Waals surface area contributed by atoms with Crippen LogP contribution in [0.4, 0.5) is 26.3 Å². The van der Waals surface area contributed by atoms with Crippen LogP contribution in [-0.2, 0) is 31.6 Å². The Kier molecular flexibility index (Phi) is 12.2. The van der Waals surface area contributed by atoms with Gasteiger partial charge in [0.15, 0.2) is 0 Å². The van der Waals surface area contributed by atoms with Crippen molar-refractivity contribution in [1.82, 2.24) is 20.6 Å². The molecular weight excluding hydrogens is 867 g/mol. The Balaban J connectivity index is 1.03. The Morgan fingerprint density at radius 2 is 1.08 bits per heavy atom. The Bertz CT molecular complexity index is 2980. The molecule has 342 valence electrons. The van der Waals surface area contributed by atoms with Crippen LogP contribution in [0.15, 0.2) is 94.5 Å². The minimum atomic E-state index is -4.89. The third kappa shape index (κ3) is 9.08. The molecule has 4 N–H and O–H groups in total. The van der Waals surface area contributed by atoms with Gasteiger partial charge in [-0.05, 0) is 123 Å². The molecule has 0 fully saturated rings. The molecule has 10 nitrogen and oxygen atoms in total. The standard InChI is InChI=1S/C50H44F6N4O6/c1-5-9-29-23-38(49(51,52)53)57-45(61)41(29)48(64)60-44-33-19-16-28(22-37(33)65-34-13-8-10-27(4)40(34)44)11-6-7-12-30-24-39(50(54,55)56)58-46(62)42(30)47(63)59-43-31-17-14-25(2)20-35(31)66-36-21-26(3)15-18-32(36)43/h8,10,13-24,43-44H,5-7,9,11-12H2,1-4H3,(H,57,61)(H,58,62)(H,59,63)(H,60,64). The number of amides is 2. The fraction of sp³-hybridized carbons (Fsp3) is 0.280. The number of hydrogen-bond acceptors (Lipinski definition) is 6. The topological polar surface area (TPSA) is 142 Å². The van der Waals surface area contributed by atoms with Crippen LogP contribution in [-0.4, -0.2) is 21.8 Å². The van der Waals surface area contributed by atoms with Crippen LogP contribution in [0.25, 0.3) is 0 Å². The number of aryl methyl sites for hydroxylation is 6. The number of carbonyl (C=O) groups is 2. The molecule has 2 amide bonds. The minimum absolute atomic E-state index is 0.0396. The number of pyridine rings is 2. The predicted molar refractivity (Wildman–Crippen MR) is 234 cm³/mol. The minimum Gasteiger partial charge on any atom is -0.457 e. The summed E-state index contributed by atoms with van der Waals surface area (Å²) in [7, 11) is 0. The second-order valence-corrected chi connectivity index (χ2v) is 16.7. The molecule has 0 bridgehead atoms. The molecule has 0 radical (unpaired) electrons. The van der Waals surface area contributed by atoms with Gasteiger partial charge in [-0.25, -0.2) is 0 Å². The fourth-order valence-corrected chi connectivity index (χ4v) is 8.72. The molecule has 6 aromatic rings. The van der Waals surface area contributed by atoms with E-state index in [1.54, 1.807) is 49.4 Å². The first-order valence-electron chi connectivity index (χ1n) is 21.4. The number of benzene rings is 4. The number of hydrogen-bond donors (Lipinski definition) is 4. The molecule has 16 heteroatoms. The van der Waals surface area contributed by atoms with Crippen molar-refractivity contribution in [1.29, 1.82) is 0 Å². The summed E-state index contributed by atoms with van der Waals surface area (Å²) in [5.41, 5.74) is -0.144. The number of ether oxygens (including phenoxy) is 2. The Morgan fingerprint density at radius 3 is 1.64 bits per heavy atom. The summed E-state index contributed by atoms with van der Waals surface area (Å²) < 4.78 is 95.4.